The summed E-state index contributed by atoms with van der Waals surface area (Å²) in [6.45, 7) is 1.15. The van der Waals surface area contributed by atoms with Crippen LogP contribution in [0.15, 0.2) is 28.7 Å². The summed E-state index contributed by atoms with van der Waals surface area (Å²) in [5.41, 5.74) is 1.50. The van der Waals surface area contributed by atoms with Gasteiger partial charge in [-0.2, -0.15) is 0 Å². The Balaban J connectivity index is 2.04. The van der Waals surface area contributed by atoms with E-state index in [2.05, 4.69) is 45.5 Å². The van der Waals surface area contributed by atoms with Crippen LogP contribution < -0.4 is 5.32 Å². The maximum Gasteiger partial charge on any atom is 0.0175 e. The average molecular weight is 254 g/mol. The first-order valence-electron chi connectivity index (χ1n) is 5.21. The van der Waals surface area contributed by atoms with Crippen molar-refractivity contribution in [3.63, 3.8) is 0 Å². The fourth-order valence-electron chi connectivity index (χ4n) is 2.22. The minimum absolute atomic E-state index is 0.788. The second-order valence-corrected chi connectivity index (χ2v) is 4.97. The van der Waals surface area contributed by atoms with E-state index in [1.807, 2.05) is 7.05 Å². The predicted octanol–water partition coefficient (Wildman–Crippen LogP) is 3.16. The number of hydrogen-bond donors (Lipinski definition) is 1. The normalized spacial score (nSPS) is 25.9. The lowest BCUT2D eigenvalue weighted by Gasteiger charge is -2.37. The highest BCUT2D eigenvalue weighted by Gasteiger charge is 2.30. The molecule has 14 heavy (non-hydrogen) atoms. The third-order valence-electron chi connectivity index (χ3n) is 3.18. The summed E-state index contributed by atoms with van der Waals surface area (Å²) in [6.07, 6.45) is 2.73. The zero-order valence-electron chi connectivity index (χ0n) is 8.46. The molecule has 2 unspecified atom stereocenters. The molecule has 1 aliphatic rings. The minimum Gasteiger partial charge on any atom is -0.319 e. The van der Waals surface area contributed by atoms with Gasteiger partial charge in [0, 0.05) is 4.47 Å². The van der Waals surface area contributed by atoms with E-state index in [1.165, 1.54) is 22.9 Å². The zero-order valence-corrected chi connectivity index (χ0v) is 10.0. The van der Waals surface area contributed by atoms with Gasteiger partial charge < -0.3 is 5.32 Å². The van der Waals surface area contributed by atoms with E-state index in [1.54, 1.807) is 0 Å². The van der Waals surface area contributed by atoms with Crippen molar-refractivity contribution in [1.82, 2.24) is 5.32 Å². The summed E-state index contributed by atoms with van der Waals surface area (Å²) in [5, 5.41) is 3.27. The summed E-state index contributed by atoms with van der Waals surface area (Å²) < 4.78 is 1.17. The summed E-state index contributed by atoms with van der Waals surface area (Å²) >= 11 is 3.47. The molecule has 2 rings (SSSR count). The second kappa shape index (κ2) is 4.45. The van der Waals surface area contributed by atoms with Gasteiger partial charge in [-0.15, -0.1) is 0 Å². The first-order chi connectivity index (χ1) is 6.81. The van der Waals surface area contributed by atoms with E-state index in [0.717, 1.165) is 18.4 Å². The van der Waals surface area contributed by atoms with Crippen molar-refractivity contribution in [2.75, 3.05) is 13.6 Å². The summed E-state index contributed by atoms with van der Waals surface area (Å²) in [6, 6.07) is 8.78. The van der Waals surface area contributed by atoms with Crippen LogP contribution in [0.1, 0.15) is 24.3 Å². The maximum absolute atomic E-state index is 3.47. The van der Waals surface area contributed by atoms with Gasteiger partial charge in [0.2, 0.25) is 0 Å². The number of nitrogens with one attached hydrogen (secondary N) is 1. The van der Waals surface area contributed by atoms with Crippen LogP contribution >= 0.6 is 15.9 Å². The Morgan fingerprint density at radius 3 is 2.50 bits per heavy atom. The van der Waals surface area contributed by atoms with Crippen LogP contribution in [0.3, 0.4) is 0 Å². The summed E-state index contributed by atoms with van der Waals surface area (Å²) in [5.74, 6) is 1.64. The Morgan fingerprint density at radius 2 is 2.00 bits per heavy atom. The van der Waals surface area contributed by atoms with Crippen molar-refractivity contribution in [3.8, 4) is 0 Å². The SMILES string of the molecule is CNCC1CCC1c1ccc(Br)cc1. The highest BCUT2D eigenvalue weighted by molar-refractivity contribution is 9.10. The number of hydrogen-bond acceptors (Lipinski definition) is 1. The standard InChI is InChI=1S/C12H16BrN/c1-14-8-10-4-7-12(10)9-2-5-11(13)6-3-9/h2-3,5-6,10,12,14H,4,7-8H2,1H3. The van der Waals surface area contributed by atoms with Crippen LogP contribution in [0.25, 0.3) is 0 Å². The number of benzene rings is 1. The molecule has 1 fully saturated rings. The second-order valence-electron chi connectivity index (χ2n) is 4.05. The maximum atomic E-state index is 3.47. The van der Waals surface area contributed by atoms with Gasteiger partial charge >= 0.3 is 0 Å². The minimum atomic E-state index is 0.788. The molecule has 1 aromatic rings. The van der Waals surface area contributed by atoms with Gasteiger partial charge in [0.25, 0.3) is 0 Å². The molecule has 76 valence electrons. The van der Waals surface area contributed by atoms with Crippen molar-refractivity contribution in [2.45, 2.75) is 18.8 Å². The molecule has 1 saturated carbocycles. The molecule has 0 spiro atoms. The van der Waals surface area contributed by atoms with Gasteiger partial charge in [-0.3, -0.25) is 0 Å². The highest BCUT2D eigenvalue weighted by atomic mass is 79.9. The molecule has 0 saturated heterocycles. The van der Waals surface area contributed by atoms with Crippen LogP contribution in [0.5, 0.6) is 0 Å². The van der Waals surface area contributed by atoms with E-state index in [9.17, 15) is 0 Å². The van der Waals surface area contributed by atoms with Gasteiger partial charge in [0.15, 0.2) is 0 Å². The van der Waals surface area contributed by atoms with E-state index in [-0.39, 0.29) is 0 Å². The van der Waals surface area contributed by atoms with Crippen molar-refractivity contribution < 1.29 is 0 Å². The van der Waals surface area contributed by atoms with Gasteiger partial charge in [-0.1, -0.05) is 28.1 Å². The Hall–Kier alpha value is -0.340. The average Bonchev–Trinajstić information content (AvgIpc) is 2.16. The zero-order chi connectivity index (χ0) is 9.97. The third kappa shape index (κ3) is 2.01. The van der Waals surface area contributed by atoms with Gasteiger partial charge in [0.05, 0.1) is 0 Å². The van der Waals surface area contributed by atoms with E-state index in [4.69, 9.17) is 0 Å². The molecule has 0 radical (unpaired) electrons. The van der Waals surface area contributed by atoms with E-state index >= 15 is 0 Å². The van der Waals surface area contributed by atoms with Crippen molar-refractivity contribution in [1.29, 1.82) is 0 Å². The van der Waals surface area contributed by atoms with Crippen LogP contribution in [-0.4, -0.2) is 13.6 Å². The van der Waals surface area contributed by atoms with Gasteiger partial charge in [-0.25, -0.2) is 0 Å². The molecular formula is C12H16BrN. The third-order valence-corrected chi connectivity index (χ3v) is 3.71. The lowest BCUT2D eigenvalue weighted by atomic mass is 9.70. The van der Waals surface area contributed by atoms with Crippen molar-refractivity contribution in [2.24, 2.45) is 5.92 Å². The Bertz CT molecular complexity index is 294. The smallest absolute Gasteiger partial charge is 0.0175 e. The summed E-state index contributed by atoms with van der Waals surface area (Å²) in [4.78, 5) is 0. The molecule has 0 heterocycles. The number of rotatable bonds is 3. The van der Waals surface area contributed by atoms with E-state index in [0.29, 0.717) is 0 Å². The van der Waals surface area contributed by atoms with Gasteiger partial charge in [-0.05, 0) is 56.0 Å². The fourth-order valence-corrected chi connectivity index (χ4v) is 2.49. The molecule has 1 aromatic carbocycles. The lowest BCUT2D eigenvalue weighted by Crippen LogP contribution is -2.32. The Kier molecular flexibility index (Phi) is 3.24. The topological polar surface area (TPSA) is 12.0 Å². The predicted molar refractivity (Wildman–Crippen MR) is 63.5 cm³/mol. The molecule has 2 heteroatoms. The molecule has 1 nitrogen and oxygen atoms in total. The largest absolute Gasteiger partial charge is 0.319 e. The van der Waals surface area contributed by atoms with Crippen LogP contribution in [-0.2, 0) is 0 Å². The quantitative estimate of drug-likeness (QED) is 0.873. The molecule has 0 aliphatic heterocycles. The molecular weight excluding hydrogens is 238 g/mol. The molecule has 1 aliphatic carbocycles. The summed E-state index contributed by atoms with van der Waals surface area (Å²) in [7, 11) is 2.04. The monoisotopic (exact) mass is 253 g/mol. The first-order valence-corrected chi connectivity index (χ1v) is 6.00. The van der Waals surface area contributed by atoms with Crippen LogP contribution in [0, 0.1) is 5.92 Å². The van der Waals surface area contributed by atoms with E-state index < -0.39 is 0 Å². The molecule has 0 aromatic heterocycles. The Labute approximate surface area is 94.0 Å². The lowest BCUT2D eigenvalue weighted by molar-refractivity contribution is 0.251. The van der Waals surface area contributed by atoms with Gasteiger partial charge in [0.1, 0.15) is 0 Å². The van der Waals surface area contributed by atoms with Crippen LogP contribution in [0.4, 0.5) is 0 Å². The van der Waals surface area contributed by atoms with Crippen LogP contribution in [0.2, 0.25) is 0 Å². The molecule has 0 amide bonds. The number of halogens is 1. The molecule has 0 bridgehead atoms. The molecule has 1 N–H and O–H groups in total. The Morgan fingerprint density at radius 1 is 1.29 bits per heavy atom. The van der Waals surface area contributed by atoms with Crippen molar-refractivity contribution in [3.05, 3.63) is 34.3 Å². The fraction of sp³-hybridized carbons (Fsp3) is 0.500. The molecule has 2 atom stereocenters. The van der Waals surface area contributed by atoms with Crippen molar-refractivity contribution >= 4 is 15.9 Å². The highest BCUT2D eigenvalue weighted by Crippen LogP contribution is 2.42. The first kappa shape index (κ1) is 10.2.